The zero-order valence-electron chi connectivity index (χ0n) is 17.6. The molecule has 0 fully saturated rings. The number of carbonyl (C=O) groups is 2. The lowest BCUT2D eigenvalue weighted by Crippen LogP contribution is -2.18. The number of phenols is 4. The average molecular weight is 540 g/mol. The van der Waals surface area contributed by atoms with Crippen molar-refractivity contribution in [2.75, 3.05) is 10.6 Å². The number of anilines is 2. The van der Waals surface area contributed by atoms with Crippen LogP contribution in [0.1, 0.15) is 20.7 Å². The summed E-state index contributed by atoms with van der Waals surface area (Å²) in [6, 6.07) is 6.52. The Morgan fingerprint density at radius 2 is 0.944 bits per heavy atom. The maximum absolute atomic E-state index is 12.7. The predicted octanol–water partition coefficient (Wildman–Crippen LogP) is 1.51. The molecule has 0 unspecified atom stereocenters. The van der Waals surface area contributed by atoms with E-state index in [1.165, 1.54) is 0 Å². The summed E-state index contributed by atoms with van der Waals surface area (Å²) >= 11 is 0. The van der Waals surface area contributed by atoms with Gasteiger partial charge in [0.15, 0.2) is 0 Å². The molecule has 2 amide bonds. The highest BCUT2D eigenvalue weighted by Crippen LogP contribution is 2.32. The zero-order valence-corrected chi connectivity index (χ0v) is 19.2. The van der Waals surface area contributed by atoms with Crippen LogP contribution in [0, 0.1) is 0 Å². The largest absolute Gasteiger partial charge is 0.508 e. The van der Waals surface area contributed by atoms with Gasteiger partial charge in [0.1, 0.15) is 32.8 Å². The molecule has 0 atom stereocenters. The summed E-state index contributed by atoms with van der Waals surface area (Å²) in [7, 11) is -9.83. The summed E-state index contributed by atoms with van der Waals surface area (Å²) in [6.45, 7) is 0. The molecule has 0 spiro atoms. The summed E-state index contributed by atoms with van der Waals surface area (Å²) in [5, 5.41) is 43.5. The van der Waals surface area contributed by atoms with E-state index in [9.17, 15) is 56.0 Å². The van der Waals surface area contributed by atoms with Crippen LogP contribution in [0.15, 0.2) is 58.3 Å². The molecule has 3 rings (SSSR count). The highest BCUT2D eigenvalue weighted by atomic mass is 32.2. The molecule has 3 aromatic rings. The van der Waals surface area contributed by atoms with Crippen molar-refractivity contribution in [1.82, 2.24) is 0 Å². The molecule has 0 bridgehead atoms. The first-order valence-electron chi connectivity index (χ1n) is 9.37. The summed E-state index contributed by atoms with van der Waals surface area (Å²) in [5.41, 5.74) is -2.52. The lowest BCUT2D eigenvalue weighted by atomic mass is 10.1. The second-order valence-corrected chi connectivity index (χ2v) is 9.89. The number of benzene rings is 3. The third kappa shape index (κ3) is 5.63. The van der Waals surface area contributed by atoms with Crippen LogP contribution < -0.4 is 10.6 Å². The standard InChI is InChI=1S/C20H16N2O12S2/c23-9-1-3-14(16(7-9)35(29,30)31)21-19(27)12-5-11(25)6-13(18(12)26)20(28)22-15-4-2-10(24)8-17(15)36(32,33)34/h1-8,23-26H,(H,21,27)(H,22,28)(H,29,30,31)(H,32,33,34). The fourth-order valence-corrected chi connectivity index (χ4v) is 4.33. The summed E-state index contributed by atoms with van der Waals surface area (Å²) in [6.07, 6.45) is 0. The van der Waals surface area contributed by atoms with Gasteiger partial charge < -0.3 is 31.1 Å². The molecular weight excluding hydrogens is 524 g/mol. The van der Waals surface area contributed by atoms with Gasteiger partial charge in [0.05, 0.1) is 22.5 Å². The van der Waals surface area contributed by atoms with E-state index in [1.54, 1.807) is 0 Å². The van der Waals surface area contributed by atoms with E-state index in [2.05, 4.69) is 0 Å². The minimum atomic E-state index is -4.92. The molecule has 3 aromatic carbocycles. The molecule has 0 radical (unpaired) electrons. The van der Waals surface area contributed by atoms with Crippen LogP contribution in [0.3, 0.4) is 0 Å². The van der Waals surface area contributed by atoms with Crippen molar-refractivity contribution in [3.05, 3.63) is 59.7 Å². The van der Waals surface area contributed by atoms with Gasteiger partial charge >= 0.3 is 0 Å². The number of hydrogen-bond acceptors (Lipinski definition) is 10. The second-order valence-electron chi connectivity index (χ2n) is 7.11. The molecule has 0 aliphatic heterocycles. The quantitative estimate of drug-likeness (QED) is 0.164. The van der Waals surface area contributed by atoms with E-state index < -0.39 is 87.3 Å². The first-order valence-corrected chi connectivity index (χ1v) is 12.3. The summed E-state index contributed by atoms with van der Waals surface area (Å²) in [5.74, 6) is -5.36. The van der Waals surface area contributed by atoms with Crippen LogP contribution in [0.4, 0.5) is 11.4 Å². The van der Waals surface area contributed by atoms with Crippen LogP contribution in [0.25, 0.3) is 0 Å². The van der Waals surface area contributed by atoms with Crippen molar-refractivity contribution in [3.8, 4) is 23.0 Å². The Hall–Kier alpha value is -4.38. The SMILES string of the molecule is O=C(Nc1ccc(O)cc1S(=O)(=O)O)c1cc(O)cc(C(=O)Nc2ccc(O)cc2S(=O)(=O)O)c1O. The van der Waals surface area contributed by atoms with Crippen molar-refractivity contribution in [1.29, 1.82) is 0 Å². The van der Waals surface area contributed by atoms with E-state index in [0.29, 0.717) is 12.1 Å². The van der Waals surface area contributed by atoms with Gasteiger partial charge in [-0.1, -0.05) is 0 Å². The number of hydrogen-bond donors (Lipinski definition) is 8. The van der Waals surface area contributed by atoms with E-state index in [-0.39, 0.29) is 0 Å². The Balaban J connectivity index is 2.00. The minimum Gasteiger partial charge on any atom is -0.508 e. The highest BCUT2D eigenvalue weighted by molar-refractivity contribution is 7.86. The first-order chi connectivity index (χ1) is 16.6. The molecule has 14 nitrogen and oxygen atoms in total. The molecule has 16 heteroatoms. The van der Waals surface area contributed by atoms with Crippen LogP contribution in [-0.2, 0) is 20.2 Å². The summed E-state index contributed by atoms with van der Waals surface area (Å²) in [4.78, 5) is 23.6. The number of phenolic OH excluding ortho intramolecular Hbond substituents is 4. The molecule has 0 saturated heterocycles. The van der Waals surface area contributed by atoms with Crippen LogP contribution in [0.5, 0.6) is 23.0 Å². The van der Waals surface area contributed by atoms with Gasteiger partial charge in [-0.3, -0.25) is 18.7 Å². The number of rotatable bonds is 6. The zero-order chi connectivity index (χ0) is 27.0. The monoisotopic (exact) mass is 540 g/mol. The normalized spacial score (nSPS) is 11.6. The number of nitrogens with one attached hydrogen (secondary N) is 2. The Bertz CT molecular complexity index is 1500. The topological polar surface area (TPSA) is 248 Å². The third-order valence-electron chi connectivity index (χ3n) is 4.57. The van der Waals surface area contributed by atoms with E-state index in [4.69, 9.17) is 0 Å². The maximum Gasteiger partial charge on any atom is 0.296 e. The van der Waals surface area contributed by atoms with E-state index in [0.717, 1.165) is 36.4 Å². The maximum atomic E-state index is 12.7. The average Bonchev–Trinajstić information content (AvgIpc) is 2.76. The number of amides is 2. The van der Waals surface area contributed by atoms with E-state index in [1.807, 2.05) is 10.6 Å². The van der Waals surface area contributed by atoms with Crippen molar-refractivity contribution >= 4 is 43.4 Å². The minimum absolute atomic E-state index is 0.518. The highest BCUT2D eigenvalue weighted by Gasteiger charge is 2.25. The van der Waals surface area contributed by atoms with Crippen molar-refractivity contribution in [2.45, 2.75) is 9.79 Å². The lowest BCUT2D eigenvalue weighted by molar-refractivity contribution is 0.102. The molecule has 0 saturated carbocycles. The van der Waals surface area contributed by atoms with Crippen LogP contribution in [0.2, 0.25) is 0 Å². The van der Waals surface area contributed by atoms with Crippen LogP contribution >= 0.6 is 0 Å². The molecule has 0 aromatic heterocycles. The van der Waals surface area contributed by atoms with Gasteiger partial charge in [0.25, 0.3) is 32.1 Å². The molecule has 0 heterocycles. The molecule has 0 aliphatic carbocycles. The van der Waals surface area contributed by atoms with Crippen molar-refractivity contribution < 1.29 is 56.0 Å². The van der Waals surface area contributed by atoms with Crippen molar-refractivity contribution in [3.63, 3.8) is 0 Å². The predicted molar refractivity (Wildman–Crippen MR) is 122 cm³/mol. The van der Waals surface area contributed by atoms with Gasteiger partial charge in [0.2, 0.25) is 0 Å². The smallest absolute Gasteiger partial charge is 0.296 e. The van der Waals surface area contributed by atoms with Crippen LogP contribution in [-0.4, -0.2) is 58.2 Å². The lowest BCUT2D eigenvalue weighted by Gasteiger charge is -2.14. The molecule has 190 valence electrons. The van der Waals surface area contributed by atoms with Gasteiger partial charge in [-0.25, -0.2) is 0 Å². The van der Waals surface area contributed by atoms with Gasteiger partial charge in [-0.05, 0) is 36.4 Å². The Morgan fingerprint density at radius 3 is 1.28 bits per heavy atom. The first kappa shape index (κ1) is 26.2. The van der Waals surface area contributed by atoms with E-state index >= 15 is 0 Å². The fraction of sp³-hybridized carbons (Fsp3) is 0. The third-order valence-corrected chi connectivity index (χ3v) is 6.35. The molecule has 8 N–H and O–H groups in total. The second kappa shape index (κ2) is 9.34. The van der Waals surface area contributed by atoms with Gasteiger partial charge in [-0.2, -0.15) is 16.8 Å². The molecular formula is C20H16N2O12S2. The molecule has 0 aliphatic rings. The Kier molecular flexibility index (Phi) is 6.81. The Morgan fingerprint density at radius 1 is 0.583 bits per heavy atom. The fourth-order valence-electron chi connectivity index (χ4n) is 3.00. The number of aromatic hydroxyl groups is 4. The van der Waals surface area contributed by atoms with Gasteiger partial charge in [-0.15, -0.1) is 0 Å². The summed E-state index contributed by atoms with van der Waals surface area (Å²) < 4.78 is 64.9. The van der Waals surface area contributed by atoms with Crippen molar-refractivity contribution in [2.24, 2.45) is 0 Å². The Labute approximate surface area is 202 Å². The van der Waals surface area contributed by atoms with Gasteiger partial charge in [0, 0.05) is 12.1 Å². The number of carbonyl (C=O) groups excluding carboxylic acids is 2. The molecule has 36 heavy (non-hydrogen) atoms.